The fourth-order valence-electron chi connectivity index (χ4n) is 5.62. The molecule has 5 rings (SSSR count). The lowest BCUT2D eigenvalue weighted by atomic mass is 9.82. The van der Waals surface area contributed by atoms with Gasteiger partial charge in [0.05, 0.1) is 39.3 Å². The highest BCUT2D eigenvalue weighted by atomic mass is 19.4. The van der Waals surface area contributed by atoms with Gasteiger partial charge in [0.15, 0.2) is 0 Å². The van der Waals surface area contributed by atoms with Gasteiger partial charge in [-0.05, 0) is 49.1 Å². The average molecular weight is 547 g/mol. The molecule has 10 nitrogen and oxygen atoms in total. The second-order valence-corrected chi connectivity index (χ2v) is 10.1. The zero-order valence-corrected chi connectivity index (χ0v) is 20.7. The second kappa shape index (κ2) is 9.72. The van der Waals surface area contributed by atoms with Gasteiger partial charge < -0.3 is 10.0 Å². The van der Waals surface area contributed by atoms with Crippen molar-refractivity contribution in [3.05, 3.63) is 74.3 Å². The van der Waals surface area contributed by atoms with E-state index in [-0.39, 0.29) is 54.6 Å². The molecule has 206 valence electrons. The third-order valence-corrected chi connectivity index (χ3v) is 7.74. The van der Waals surface area contributed by atoms with Crippen molar-refractivity contribution in [1.29, 1.82) is 0 Å². The molecule has 0 radical (unpaired) electrons. The fraction of sp³-hybridized carbons (Fsp3) is 0.423. The summed E-state index contributed by atoms with van der Waals surface area (Å²) in [5.74, 6) is -1.62. The third-order valence-electron chi connectivity index (χ3n) is 7.74. The normalized spacial score (nSPS) is 21.6. The molecule has 2 N–H and O–H groups in total. The molecule has 2 fully saturated rings. The van der Waals surface area contributed by atoms with Crippen LogP contribution in [0.3, 0.4) is 0 Å². The summed E-state index contributed by atoms with van der Waals surface area (Å²) < 4.78 is 38.5. The van der Waals surface area contributed by atoms with Gasteiger partial charge in [-0.1, -0.05) is 12.1 Å². The van der Waals surface area contributed by atoms with Crippen molar-refractivity contribution in [2.75, 3.05) is 13.1 Å². The Morgan fingerprint density at radius 1 is 1.08 bits per heavy atom. The smallest absolute Gasteiger partial charge is 0.385 e. The molecule has 13 heteroatoms. The second-order valence-electron chi connectivity index (χ2n) is 10.1. The molecule has 0 spiro atoms. The standard InChI is InChI=1S/C26H25F3N4O6/c27-26(28,29)16-3-1-15(2-4-16)13-31-11-9-25(37,10-12-31)19-6-5-17-18(22(19)33(38)39)14-32(24(17)36)20-7-8-21(34)30-23(20)35/h1-6,20,37H,7-14H2,(H,30,34,35). The molecular weight excluding hydrogens is 521 g/mol. The highest BCUT2D eigenvalue weighted by Gasteiger charge is 2.46. The van der Waals surface area contributed by atoms with E-state index in [1.807, 2.05) is 4.90 Å². The van der Waals surface area contributed by atoms with Crippen LogP contribution in [0, 0.1) is 10.1 Å². The number of hydrogen-bond donors (Lipinski definition) is 2. The van der Waals surface area contributed by atoms with E-state index >= 15 is 0 Å². The fourth-order valence-corrected chi connectivity index (χ4v) is 5.62. The zero-order valence-electron chi connectivity index (χ0n) is 20.7. The predicted octanol–water partition coefficient (Wildman–Crippen LogP) is 2.86. The number of hydrogen-bond acceptors (Lipinski definition) is 7. The largest absolute Gasteiger partial charge is 0.416 e. The first-order chi connectivity index (χ1) is 18.4. The van der Waals surface area contributed by atoms with Crippen molar-refractivity contribution < 1.29 is 37.6 Å². The summed E-state index contributed by atoms with van der Waals surface area (Å²) in [5, 5.41) is 25.9. The first-order valence-corrected chi connectivity index (χ1v) is 12.4. The number of fused-ring (bicyclic) bond motifs is 1. The Balaban J connectivity index is 1.33. The molecule has 0 aliphatic carbocycles. The van der Waals surface area contributed by atoms with Crippen LogP contribution in [0.25, 0.3) is 0 Å². The molecule has 3 aliphatic rings. The zero-order chi connectivity index (χ0) is 28.1. The number of carbonyl (C=O) groups is 3. The lowest BCUT2D eigenvalue weighted by molar-refractivity contribution is -0.387. The third kappa shape index (κ3) is 4.99. The molecule has 39 heavy (non-hydrogen) atoms. The molecule has 2 saturated heterocycles. The Labute approximate surface area is 220 Å². The summed E-state index contributed by atoms with van der Waals surface area (Å²) in [6, 6.07) is 6.72. The van der Waals surface area contributed by atoms with E-state index in [0.717, 1.165) is 12.1 Å². The number of alkyl halides is 3. The van der Waals surface area contributed by atoms with Gasteiger partial charge in [-0.3, -0.25) is 34.7 Å². The molecule has 0 aromatic heterocycles. The lowest BCUT2D eigenvalue weighted by Gasteiger charge is -2.38. The first-order valence-electron chi connectivity index (χ1n) is 12.4. The van der Waals surface area contributed by atoms with Gasteiger partial charge >= 0.3 is 6.18 Å². The highest BCUT2D eigenvalue weighted by Crippen LogP contribution is 2.43. The van der Waals surface area contributed by atoms with Crippen molar-refractivity contribution >= 4 is 23.4 Å². The van der Waals surface area contributed by atoms with Crippen LogP contribution >= 0.6 is 0 Å². The van der Waals surface area contributed by atoms with Crippen LogP contribution < -0.4 is 5.32 Å². The number of amides is 3. The van der Waals surface area contributed by atoms with E-state index in [1.165, 1.54) is 29.2 Å². The number of nitrogens with zero attached hydrogens (tertiary/aromatic N) is 3. The van der Waals surface area contributed by atoms with E-state index < -0.39 is 46.0 Å². The number of nitro benzene ring substituents is 1. The number of carbonyl (C=O) groups excluding carboxylic acids is 3. The quantitative estimate of drug-likeness (QED) is 0.335. The maximum atomic E-state index is 13.1. The van der Waals surface area contributed by atoms with Crippen molar-refractivity contribution in [2.45, 2.75) is 56.6 Å². The number of benzene rings is 2. The Morgan fingerprint density at radius 3 is 2.33 bits per heavy atom. The van der Waals surface area contributed by atoms with E-state index in [9.17, 15) is 42.8 Å². The molecule has 0 bridgehead atoms. The summed E-state index contributed by atoms with van der Waals surface area (Å²) in [6.45, 7) is 0.844. The van der Waals surface area contributed by atoms with E-state index in [1.54, 1.807) is 0 Å². The number of aliphatic hydroxyl groups is 1. The summed E-state index contributed by atoms with van der Waals surface area (Å²) >= 11 is 0. The minimum absolute atomic E-state index is 0.0482. The summed E-state index contributed by atoms with van der Waals surface area (Å²) in [5.41, 5.74) is -1.71. The van der Waals surface area contributed by atoms with Gasteiger partial charge in [0.1, 0.15) is 6.04 Å². The number of imide groups is 1. The Hall–Kier alpha value is -3.84. The molecule has 3 aliphatic heterocycles. The molecule has 1 unspecified atom stereocenters. The number of rotatable bonds is 5. The van der Waals surface area contributed by atoms with Crippen molar-refractivity contribution in [2.24, 2.45) is 0 Å². The maximum Gasteiger partial charge on any atom is 0.416 e. The number of nitro groups is 1. The maximum absolute atomic E-state index is 13.1. The SMILES string of the molecule is O=C1CCC(N2Cc3c(ccc(C4(O)CCN(Cc5ccc(C(F)(F)F)cc5)CC4)c3[N+](=O)[O-])C2=O)C(=O)N1. The van der Waals surface area contributed by atoms with Gasteiger partial charge in [-0.2, -0.15) is 13.2 Å². The Morgan fingerprint density at radius 2 is 1.74 bits per heavy atom. The van der Waals surface area contributed by atoms with Gasteiger partial charge in [0.25, 0.3) is 11.6 Å². The van der Waals surface area contributed by atoms with Gasteiger partial charge in [0, 0.05) is 26.1 Å². The number of halogens is 3. The lowest BCUT2D eigenvalue weighted by Crippen LogP contribution is -2.52. The number of likely N-dealkylation sites (tertiary alicyclic amines) is 1. The van der Waals surface area contributed by atoms with E-state index in [2.05, 4.69) is 5.32 Å². The molecule has 2 aromatic carbocycles. The first kappa shape index (κ1) is 26.8. The monoisotopic (exact) mass is 546 g/mol. The van der Waals surface area contributed by atoms with Crippen LogP contribution in [-0.2, 0) is 34.5 Å². The summed E-state index contributed by atoms with van der Waals surface area (Å²) in [6.07, 6.45) is -3.99. The molecule has 2 aromatic rings. The van der Waals surface area contributed by atoms with Crippen LogP contribution in [0.4, 0.5) is 18.9 Å². The minimum atomic E-state index is -4.42. The Kier molecular flexibility index (Phi) is 6.67. The molecule has 3 amide bonds. The van der Waals surface area contributed by atoms with Gasteiger partial charge in [-0.15, -0.1) is 0 Å². The molecule has 0 saturated carbocycles. The number of piperidine rings is 2. The van der Waals surface area contributed by atoms with Crippen molar-refractivity contribution in [3.8, 4) is 0 Å². The topological polar surface area (TPSA) is 133 Å². The van der Waals surface area contributed by atoms with Crippen LogP contribution in [0.2, 0.25) is 0 Å². The molecule has 3 heterocycles. The minimum Gasteiger partial charge on any atom is -0.385 e. The number of nitrogens with one attached hydrogen (secondary N) is 1. The Bertz CT molecular complexity index is 1350. The van der Waals surface area contributed by atoms with Crippen LogP contribution in [0.1, 0.15) is 58.3 Å². The van der Waals surface area contributed by atoms with Crippen molar-refractivity contribution in [1.82, 2.24) is 15.1 Å². The van der Waals surface area contributed by atoms with E-state index in [4.69, 9.17) is 0 Å². The molecular formula is C26H25F3N4O6. The van der Waals surface area contributed by atoms with Crippen LogP contribution in [0.5, 0.6) is 0 Å². The molecule has 1 atom stereocenters. The van der Waals surface area contributed by atoms with Gasteiger partial charge in [0.2, 0.25) is 11.8 Å². The summed E-state index contributed by atoms with van der Waals surface area (Å²) in [4.78, 5) is 51.7. The highest BCUT2D eigenvalue weighted by molar-refractivity contribution is 6.06. The predicted molar refractivity (Wildman–Crippen MR) is 129 cm³/mol. The summed E-state index contributed by atoms with van der Waals surface area (Å²) in [7, 11) is 0. The van der Waals surface area contributed by atoms with E-state index in [0.29, 0.717) is 25.2 Å². The van der Waals surface area contributed by atoms with Crippen LogP contribution in [-0.4, -0.2) is 56.7 Å². The van der Waals surface area contributed by atoms with Crippen molar-refractivity contribution in [3.63, 3.8) is 0 Å². The van der Waals surface area contributed by atoms with Crippen LogP contribution in [0.15, 0.2) is 36.4 Å². The van der Waals surface area contributed by atoms with Gasteiger partial charge in [-0.25, -0.2) is 0 Å². The average Bonchev–Trinajstić information content (AvgIpc) is 3.20.